The van der Waals surface area contributed by atoms with E-state index in [0.29, 0.717) is 0 Å². The van der Waals surface area contributed by atoms with Crippen LogP contribution in [0.25, 0.3) is 0 Å². The van der Waals surface area contributed by atoms with Crippen LogP contribution in [0.4, 0.5) is 0 Å². The van der Waals surface area contributed by atoms with E-state index in [-0.39, 0.29) is 0 Å². The van der Waals surface area contributed by atoms with Crippen molar-refractivity contribution in [1.82, 2.24) is 0 Å². The van der Waals surface area contributed by atoms with E-state index < -0.39 is 0 Å². The number of rotatable bonds is 6. The molecule has 0 bridgehead atoms. The maximum Gasteiger partial charge on any atom is 0.0506 e. The van der Waals surface area contributed by atoms with Gasteiger partial charge in [-0.1, -0.05) is 37.6 Å². The minimum atomic E-state index is 0.820. The van der Waals surface area contributed by atoms with Crippen molar-refractivity contribution in [3.05, 3.63) is 35.9 Å². The molecule has 0 fully saturated rings. The van der Waals surface area contributed by atoms with Crippen LogP contribution < -0.4 is 0 Å². The monoisotopic (exact) mass is 177 g/mol. The standard InChI is InChI=1S/C12H17O/c1-2-3-10-13-11-9-12-7-5-4-6-8-12/h4-7H,2-3,9-11H2,1H3. The Morgan fingerprint density at radius 2 is 2.23 bits per heavy atom. The summed E-state index contributed by atoms with van der Waals surface area (Å²) in [4.78, 5) is 0. The number of unbranched alkanes of at least 4 members (excludes halogenated alkanes) is 1. The fourth-order valence-corrected chi connectivity index (χ4v) is 1.12. The SMILES string of the molecule is CCCCOCCc1[c]cccc1. The summed E-state index contributed by atoms with van der Waals surface area (Å²) in [7, 11) is 0. The summed E-state index contributed by atoms with van der Waals surface area (Å²) in [6.07, 6.45) is 3.35. The van der Waals surface area contributed by atoms with E-state index in [9.17, 15) is 0 Å². The Bertz CT molecular complexity index is 206. The largest absolute Gasteiger partial charge is 0.381 e. The van der Waals surface area contributed by atoms with Gasteiger partial charge in [-0.25, -0.2) is 0 Å². The fourth-order valence-electron chi connectivity index (χ4n) is 1.12. The highest BCUT2D eigenvalue weighted by Gasteiger charge is 1.91. The van der Waals surface area contributed by atoms with Gasteiger partial charge in [-0.05, 0) is 24.5 Å². The van der Waals surface area contributed by atoms with Gasteiger partial charge in [-0.3, -0.25) is 0 Å². The number of ether oxygens (including phenoxy) is 1. The quantitative estimate of drug-likeness (QED) is 0.607. The summed E-state index contributed by atoms with van der Waals surface area (Å²) in [6.45, 7) is 3.89. The molecule has 0 atom stereocenters. The van der Waals surface area contributed by atoms with E-state index in [0.717, 1.165) is 19.6 Å². The van der Waals surface area contributed by atoms with Gasteiger partial charge in [-0.15, -0.1) is 0 Å². The topological polar surface area (TPSA) is 9.23 Å². The van der Waals surface area contributed by atoms with Crippen molar-refractivity contribution < 1.29 is 4.74 Å². The zero-order valence-electron chi connectivity index (χ0n) is 8.25. The van der Waals surface area contributed by atoms with Gasteiger partial charge in [0.05, 0.1) is 6.61 Å². The van der Waals surface area contributed by atoms with Gasteiger partial charge in [-0.2, -0.15) is 0 Å². The van der Waals surface area contributed by atoms with E-state index in [2.05, 4.69) is 19.1 Å². The van der Waals surface area contributed by atoms with Crippen LogP contribution in [-0.4, -0.2) is 13.2 Å². The molecule has 1 rings (SSSR count). The van der Waals surface area contributed by atoms with Crippen molar-refractivity contribution in [2.24, 2.45) is 0 Å². The van der Waals surface area contributed by atoms with Crippen LogP contribution in [-0.2, 0) is 11.2 Å². The Balaban J connectivity index is 2.07. The van der Waals surface area contributed by atoms with Crippen LogP contribution in [0.2, 0.25) is 0 Å². The van der Waals surface area contributed by atoms with Gasteiger partial charge >= 0.3 is 0 Å². The molecule has 0 aromatic heterocycles. The number of hydrogen-bond donors (Lipinski definition) is 0. The van der Waals surface area contributed by atoms with Crippen molar-refractivity contribution in [3.8, 4) is 0 Å². The highest BCUT2D eigenvalue weighted by Crippen LogP contribution is 1.99. The van der Waals surface area contributed by atoms with Crippen molar-refractivity contribution in [2.75, 3.05) is 13.2 Å². The molecule has 71 valence electrons. The minimum absolute atomic E-state index is 0.820. The molecule has 0 saturated carbocycles. The van der Waals surface area contributed by atoms with Gasteiger partial charge in [0, 0.05) is 6.61 Å². The Labute approximate surface area is 80.7 Å². The summed E-state index contributed by atoms with van der Waals surface area (Å²) < 4.78 is 5.46. The van der Waals surface area contributed by atoms with Crippen LogP contribution in [0.3, 0.4) is 0 Å². The lowest BCUT2D eigenvalue weighted by Crippen LogP contribution is -1.99. The van der Waals surface area contributed by atoms with Gasteiger partial charge in [0.25, 0.3) is 0 Å². The second kappa shape index (κ2) is 6.67. The molecular weight excluding hydrogens is 160 g/mol. The lowest BCUT2D eigenvalue weighted by molar-refractivity contribution is 0.134. The zero-order chi connectivity index (χ0) is 9.36. The van der Waals surface area contributed by atoms with E-state index in [1.165, 1.54) is 18.4 Å². The van der Waals surface area contributed by atoms with Crippen molar-refractivity contribution in [1.29, 1.82) is 0 Å². The summed E-state index contributed by atoms with van der Waals surface area (Å²) >= 11 is 0. The molecule has 0 heterocycles. The number of benzene rings is 1. The van der Waals surface area contributed by atoms with Crippen molar-refractivity contribution in [2.45, 2.75) is 26.2 Å². The smallest absolute Gasteiger partial charge is 0.0506 e. The lowest BCUT2D eigenvalue weighted by Gasteiger charge is -2.02. The first-order valence-electron chi connectivity index (χ1n) is 4.97. The Kier molecular flexibility index (Phi) is 5.27. The fraction of sp³-hybridized carbons (Fsp3) is 0.500. The maximum absolute atomic E-state index is 5.46. The first kappa shape index (κ1) is 10.3. The van der Waals surface area contributed by atoms with Crippen LogP contribution >= 0.6 is 0 Å². The maximum atomic E-state index is 5.46. The predicted octanol–water partition coefficient (Wildman–Crippen LogP) is 2.85. The van der Waals surface area contributed by atoms with E-state index >= 15 is 0 Å². The van der Waals surface area contributed by atoms with E-state index in [1.54, 1.807) is 0 Å². The molecule has 1 radical (unpaired) electrons. The lowest BCUT2D eigenvalue weighted by atomic mass is 10.2. The van der Waals surface area contributed by atoms with Gasteiger partial charge in [0.1, 0.15) is 0 Å². The van der Waals surface area contributed by atoms with E-state index in [1.807, 2.05) is 18.2 Å². The predicted molar refractivity (Wildman–Crippen MR) is 54.7 cm³/mol. The van der Waals surface area contributed by atoms with E-state index in [4.69, 9.17) is 4.74 Å². The summed E-state index contributed by atoms with van der Waals surface area (Å²) in [5.74, 6) is 0. The second-order valence-corrected chi connectivity index (χ2v) is 3.10. The molecule has 0 amide bonds. The third kappa shape index (κ3) is 4.69. The highest BCUT2D eigenvalue weighted by atomic mass is 16.5. The first-order chi connectivity index (χ1) is 6.43. The molecule has 0 saturated heterocycles. The minimum Gasteiger partial charge on any atom is -0.381 e. The van der Waals surface area contributed by atoms with Gasteiger partial charge < -0.3 is 4.74 Å². The van der Waals surface area contributed by atoms with Crippen LogP contribution in [0.5, 0.6) is 0 Å². The third-order valence-electron chi connectivity index (χ3n) is 1.93. The van der Waals surface area contributed by atoms with Crippen LogP contribution in [0.1, 0.15) is 25.3 Å². The molecule has 1 aromatic carbocycles. The molecule has 13 heavy (non-hydrogen) atoms. The molecule has 0 aliphatic rings. The first-order valence-corrected chi connectivity index (χ1v) is 4.97. The number of hydrogen-bond acceptors (Lipinski definition) is 1. The van der Waals surface area contributed by atoms with Gasteiger partial charge in [0.15, 0.2) is 0 Å². The molecular formula is C12H17O. The Morgan fingerprint density at radius 3 is 2.92 bits per heavy atom. The molecule has 0 spiro atoms. The second-order valence-electron chi connectivity index (χ2n) is 3.10. The normalized spacial score (nSPS) is 10.2. The average molecular weight is 177 g/mol. The third-order valence-corrected chi connectivity index (χ3v) is 1.93. The van der Waals surface area contributed by atoms with Crippen LogP contribution in [0.15, 0.2) is 24.3 Å². The summed E-state index contributed by atoms with van der Waals surface area (Å²) in [5, 5.41) is 0. The summed E-state index contributed by atoms with van der Waals surface area (Å²) in [5.41, 5.74) is 1.24. The molecule has 0 aliphatic carbocycles. The molecule has 0 N–H and O–H groups in total. The molecule has 1 aromatic rings. The summed E-state index contributed by atoms with van der Waals surface area (Å²) in [6, 6.07) is 11.2. The van der Waals surface area contributed by atoms with Crippen molar-refractivity contribution in [3.63, 3.8) is 0 Å². The van der Waals surface area contributed by atoms with Crippen molar-refractivity contribution >= 4 is 0 Å². The molecule has 0 unspecified atom stereocenters. The molecule has 0 aliphatic heterocycles. The zero-order valence-corrected chi connectivity index (χ0v) is 8.25. The Hall–Kier alpha value is -0.820. The van der Waals surface area contributed by atoms with Crippen LogP contribution in [0, 0.1) is 6.07 Å². The average Bonchev–Trinajstić information content (AvgIpc) is 2.19. The Morgan fingerprint density at radius 1 is 1.31 bits per heavy atom. The highest BCUT2D eigenvalue weighted by molar-refractivity contribution is 5.12. The molecule has 1 nitrogen and oxygen atoms in total. The van der Waals surface area contributed by atoms with Gasteiger partial charge in [0.2, 0.25) is 0 Å². The molecule has 1 heteroatoms.